The molecule has 0 saturated carbocycles. The molecule has 1 heterocycles. The molecule has 4 aromatic carbocycles. The molecule has 0 N–H and O–H groups in total. The van der Waals surface area contributed by atoms with Crippen molar-refractivity contribution in [3.63, 3.8) is 0 Å². The molecular formula is C24H21O2PSe. The van der Waals surface area contributed by atoms with Crippen LogP contribution < -0.4 is 9.05 Å². The Morgan fingerprint density at radius 2 is 1.21 bits per heavy atom. The number of fused-ring (bicyclic) bond motifs is 7. The van der Waals surface area contributed by atoms with E-state index >= 15 is 0 Å². The molecule has 1 atom stereocenters. The summed E-state index contributed by atoms with van der Waals surface area (Å²) in [7, 11) is 0. The molecule has 5 rings (SSSR count). The number of benzene rings is 4. The summed E-state index contributed by atoms with van der Waals surface area (Å²) in [5.41, 5.74) is 2.56. The van der Waals surface area contributed by atoms with Crippen molar-refractivity contribution < 1.29 is 9.05 Å². The Labute approximate surface area is 172 Å². The van der Waals surface area contributed by atoms with Gasteiger partial charge in [-0.15, -0.1) is 0 Å². The van der Waals surface area contributed by atoms with Crippen LogP contribution >= 0.6 is 5.96 Å². The second kappa shape index (κ2) is 6.78. The molecule has 28 heavy (non-hydrogen) atoms. The fourth-order valence-corrected chi connectivity index (χ4v) is 7.51. The summed E-state index contributed by atoms with van der Waals surface area (Å²) >= 11 is 3.33. The summed E-state index contributed by atoms with van der Waals surface area (Å²) in [4.78, 5) is 0. The van der Waals surface area contributed by atoms with Crippen molar-refractivity contribution in [3.8, 4) is 22.6 Å². The topological polar surface area (TPSA) is 18.5 Å². The predicted molar refractivity (Wildman–Crippen MR) is 121 cm³/mol. The van der Waals surface area contributed by atoms with Gasteiger partial charge in [0.05, 0.1) is 0 Å². The van der Waals surface area contributed by atoms with E-state index < -0.39 is 5.96 Å². The van der Waals surface area contributed by atoms with Crippen LogP contribution in [-0.4, -0.2) is 20.8 Å². The molecule has 0 fully saturated rings. The maximum absolute atomic E-state index is 6.67. The van der Waals surface area contributed by atoms with Gasteiger partial charge in [-0.3, -0.25) is 0 Å². The van der Waals surface area contributed by atoms with Gasteiger partial charge in [-0.2, -0.15) is 0 Å². The Hall–Kier alpha value is -2.05. The van der Waals surface area contributed by atoms with Crippen LogP contribution in [0.15, 0.2) is 72.8 Å². The van der Waals surface area contributed by atoms with E-state index in [-0.39, 0.29) is 0 Å². The molecule has 0 amide bonds. The molecule has 0 aromatic heterocycles. The average Bonchev–Trinajstić information content (AvgIpc) is 2.87. The molecule has 0 unspecified atom stereocenters. The van der Waals surface area contributed by atoms with Crippen LogP contribution in [0.3, 0.4) is 0 Å². The molecule has 0 bridgehead atoms. The van der Waals surface area contributed by atoms with Gasteiger partial charge in [0.1, 0.15) is 0 Å². The van der Waals surface area contributed by atoms with Gasteiger partial charge in [0.15, 0.2) is 0 Å². The molecule has 2 nitrogen and oxygen atoms in total. The maximum atomic E-state index is 6.67. The van der Waals surface area contributed by atoms with E-state index in [0.717, 1.165) is 29.0 Å². The van der Waals surface area contributed by atoms with Crippen LogP contribution in [0.25, 0.3) is 32.7 Å². The summed E-state index contributed by atoms with van der Waals surface area (Å²) < 4.78 is 13.3. The third-order valence-corrected chi connectivity index (χ3v) is 11.2. The third kappa shape index (κ3) is 2.73. The quantitative estimate of drug-likeness (QED) is 0.238. The third-order valence-electron chi connectivity index (χ3n) is 5.61. The molecule has 0 spiro atoms. The van der Waals surface area contributed by atoms with Gasteiger partial charge in [0.2, 0.25) is 0 Å². The van der Waals surface area contributed by atoms with Crippen molar-refractivity contribution in [3.05, 3.63) is 72.8 Å². The van der Waals surface area contributed by atoms with Crippen molar-refractivity contribution in [2.75, 3.05) is 0 Å². The van der Waals surface area contributed by atoms with Crippen molar-refractivity contribution in [1.82, 2.24) is 0 Å². The molecule has 4 heteroatoms. The predicted octanol–water partition coefficient (Wildman–Crippen LogP) is 7.16. The normalized spacial score (nSPS) is 15.8. The minimum absolute atomic E-state index is 0.296. The molecular weight excluding hydrogens is 430 g/mol. The molecule has 0 saturated heterocycles. The zero-order valence-corrected chi connectivity index (χ0v) is 18.5. The number of rotatable bonds is 2. The second-order valence-electron chi connectivity index (χ2n) is 7.30. The Kier molecular flexibility index (Phi) is 4.36. The number of hydrogen-bond acceptors (Lipinski definition) is 2. The van der Waals surface area contributed by atoms with E-state index in [9.17, 15) is 0 Å². The molecule has 0 radical (unpaired) electrons. The van der Waals surface area contributed by atoms with Crippen LogP contribution in [-0.2, 0) is 0 Å². The van der Waals surface area contributed by atoms with Gasteiger partial charge in [-0.25, -0.2) is 0 Å². The van der Waals surface area contributed by atoms with Gasteiger partial charge >= 0.3 is 173 Å². The van der Waals surface area contributed by atoms with Gasteiger partial charge < -0.3 is 0 Å². The second-order valence-corrected chi connectivity index (χ2v) is 12.8. The summed E-state index contributed by atoms with van der Waals surface area (Å²) in [5, 5.41) is 4.80. The minimum atomic E-state index is -2.24. The van der Waals surface area contributed by atoms with Crippen LogP contribution in [0.5, 0.6) is 11.5 Å². The zero-order valence-electron chi connectivity index (χ0n) is 15.9. The molecule has 140 valence electrons. The standard InChI is InChI=1S/C24H21O2PSe/c1-3-16(2)27(28)25-21-14-12-17-8-4-6-10-19(17)23(21)24-20-11-7-5-9-18(20)13-15-22(24)26-27/h4-16H,3H2,1-2H3/t16-/m0/s1. The fourth-order valence-electron chi connectivity index (χ4n) is 3.87. The molecule has 4 aromatic rings. The van der Waals surface area contributed by atoms with Crippen LogP contribution in [0, 0.1) is 0 Å². The first-order valence-electron chi connectivity index (χ1n) is 9.63. The van der Waals surface area contributed by atoms with E-state index in [1.807, 2.05) is 0 Å². The summed E-state index contributed by atoms with van der Waals surface area (Å²) in [6.45, 7) is 4.39. The van der Waals surface area contributed by atoms with Crippen LogP contribution in [0.4, 0.5) is 0 Å². The molecule has 0 aliphatic carbocycles. The Morgan fingerprint density at radius 1 is 0.750 bits per heavy atom. The van der Waals surface area contributed by atoms with Gasteiger partial charge in [-0.1, -0.05) is 0 Å². The van der Waals surface area contributed by atoms with E-state index in [4.69, 9.17) is 9.05 Å². The monoisotopic (exact) mass is 452 g/mol. The Bertz CT molecular complexity index is 1170. The zero-order chi connectivity index (χ0) is 19.3. The Balaban J connectivity index is 1.94. The van der Waals surface area contributed by atoms with Crippen molar-refractivity contribution in [2.24, 2.45) is 0 Å². The number of hydrogen-bond donors (Lipinski definition) is 0. The van der Waals surface area contributed by atoms with Gasteiger partial charge in [-0.05, 0) is 0 Å². The first-order valence-corrected chi connectivity index (χ1v) is 13.5. The summed E-state index contributed by atoms with van der Waals surface area (Å²) in [5.74, 6) is -0.436. The van der Waals surface area contributed by atoms with Crippen LogP contribution in [0.1, 0.15) is 20.3 Å². The van der Waals surface area contributed by atoms with Crippen molar-refractivity contribution >= 4 is 42.6 Å². The molecule has 1 aliphatic heterocycles. The van der Waals surface area contributed by atoms with Crippen molar-refractivity contribution in [2.45, 2.75) is 25.9 Å². The van der Waals surface area contributed by atoms with Gasteiger partial charge in [0, 0.05) is 0 Å². The van der Waals surface area contributed by atoms with E-state index in [0.29, 0.717) is 5.66 Å². The fraction of sp³-hybridized carbons (Fsp3) is 0.167. The van der Waals surface area contributed by atoms with Crippen molar-refractivity contribution in [1.29, 1.82) is 0 Å². The van der Waals surface area contributed by atoms with E-state index in [2.05, 4.69) is 102 Å². The average molecular weight is 451 g/mol. The SMILES string of the molecule is CC[C@H](C)P1(=[Se])Oc2ccc3ccccc3c2-c2c(ccc3ccccc23)O1. The summed E-state index contributed by atoms with van der Waals surface area (Å²) in [6.07, 6.45) is 0.993. The summed E-state index contributed by atoms with van der Waals surface area (Å²) in [6, 6.07) is 25.5. The Morgan fingerprint density at radius 3 is 1.68 bits per heavy atom. The van der Waals surface area contributed by atoms with Gasteiger partial charge in [0.25, 0.3) is 0 Å². The first-order chi connectivity index (χ1) is 13.6. The van der Waals surface area contributed by atoms with E-state index in [1.165, 1.54) is 21.5 Å². The van der Waals surface area contributed by atoms with Crippen LogP contribution in [0.2, 0.25) is 0 Å². The molecule has 1 aliphatic rings. The van der Waals surface area contributed by atoms with E-state index in [1.54, 1.807) is 0 Å². The first kappa shape index (κ1) is 18.0.